The van der Waals surface area contributed by atoms with Crippen molar-refractivity contribution in [3.8, 4) is 0 Å². The molecular weight excluding hydrogens is 525 g/mol. The molecule has 1 saturated heterocycles. The molecule has 1 fully saturated rings. The van der Waals surface area contributed by atoms with E-state index in [0.29, 0.717) is 33.7 Å². The fourth-order valence-electron chi connectivity index (χ4n) is 5.83. The van der Waals surface area contributed by atoms with E-state index in [0.717, 1.165) is 44.0 Å². The van der Waals surface area contributed by atoms with Crippen molar-refractivity contribution >= 4 is 46.5 Å². The molecule has 1 N–H and O–H groups in total. The van der Waals surface area contributed by atoms with Crippen molar-refractivity contribution in [2.24, 2.45) is 0 Å². The molecule has 0 unspecified atom stereocenters. The summed E-state index contributed by atoms with van der Waals surface area (Å²) >= 11 is 12.5. The van der Waals surface area contributed by atoms with Gasteiger partial charge in [-0.1, -0.05) is 40.5 Å². The van der Waals surface area contributed by atoms with Gasteiger partial charge < -0.3 is 15.1 Å². The van der Waals surface area contributed by atoms with Gasteiger partial charge in [0.2, 0.25) is 11.8 Å². The Morgan fingerprint density at radius 3 is 2.45 bits per heavy atom. The number of halogens is 2. The fourth-order valence-corrected chi connectivity index (χ4v) is 6.12. The molecule has 3 aromatic rings. The number of likely N-dealkylation sites (N-methyl/N-ethyl adjacent to an activating group) is 1. The number of fused-ring (bicyclic) bond motifs is 4. The van der Waals surface area contributed by atoms with E-state index in [2.05, 4.69) is 32.5 Å². The van der Waals surface area contributed by atoms with Crippen LogP contribution in [0.15, 0.2) is 42.5 Å². The Kier molecular flexibility index (Phi) is 6.42. The SMILES string of the molecule is C[C@@H](c1ccc(Cl)cc1)n1nnc2c1NC(=O)C[C@]21C(=O)N(CCN2CCN(C)CC2)c2ccc(Cl)cc21. The van der Waals surface area contributed by atoms with E-state index < -0.39 is 5.41 Å². The molecule has 3 aliphatic heterocycles. The molecular formula is C27H29Cl2N7O2. The van der Waals surface area contributed by atoms with Crippen molar-refractivity contribution in [1.82, 2.24) is 24.8 Å². The van der Waals surface area contributed by atoms with Gasteiger partial charge in [-0.15, -0.1) is 5.10 Å². The molecule has 2 atom stereocenters. The maximum atomic E-state index is 14.4. The van der Waals surface area contributed by atoms with Crippen LogP contribution in [-0.4, -0.2) is 82.9 Å². The van der Waals surface area contributed by atoms with Crippen molar-refractivity contribution in [1.29, 1.82) is 0 Å². The van der Waals surface area contributed by atoms with Crippen LogP contribution in [0.1, 0.15) is 36.2 Å². The minimum Gasteiger partial charge on any atom is -0.310 e. The highest BCUT2D eigenvalue weighted by molar-refractivity contribution is 6.31. The summed E-state index contributed by atoms with van der Waals surface area (Å²) < 4.78 is 1.67. The van der Waals surface area contributed by atoms with Crippen LogP contribution in [0.3, 0.4) is 0 Å². The number of rotatable bonds is 5. The van der Waals surface area contributed by atoms with E-state index >= 15 is 0 Å². The zero-order valence-electron chi connectivity index (χ0n) is 21.3. The van der Waals surface area contributed by atoms with E-state index in [1.807, 2.05) is 37.3 Å². The molecule has 9 nitrogen and oxygen atoms in total. The average Bonchev–Trinajstić information content (AvgIpc) is 3.42. The van der Waals surface area contributed by atoms with Gasteiger partial charge in [0, 0.05) is 55.0 Å². The third-order valence-corrected chi connectivity index (χ3v) is 8.54. The number of amides is 2. The predicted molar refractivity (Wildman–Crippen MR) is 147 cm³/mol. The van der Waals surface area contributed by atoms with Gasteiger partial charge in [-0.3, -0.25) is 14.5 Å². The molecule has 198 valence electrons. The third-order valence-electron chi connectivity index (χ3n) is 8.06. The van der Waals surface area contributed by atoms with Crippen molar-refractivity contribution in [2.75, 3.05) is 56.5 Å². The van der Waals surface area contributed by atoms with Gasteiger partial charge in [0.1, 0.15) is 11.1 Å². The Morgan fingerprint density at radius 2 is 1.71 bits per heavy atom. The van der Waals surface area contributed by atoms with Gasteiger partial charge in [0.25, 0.3) is 0 Å². The van der Waals surface area contributed by atoms with Gasteiger partial charge in [-0.05, 0) is 55.4 Å². The molecule has 6 rings (SSSR count). The van der Waals surface area contributed by atoms with Crippen LogP contribution in [0.4, 0.5) is 11.5 Å². The van der Waals surface area contributed by atoms with E-state index in [1.165, 1.54) is 0 Å². The highest BCUT2D eigenvalue weighted by atomic mass is 35.5. The number of hydrogen-bond donors (Lipinski definition) is 1. The van der Waals surface area contributed by atoms with Gasteiger partial charge >= 0.3 is 0 Å². The predicted octanol–water partition coefficient (Wildman–Crippen LogP) is 3.42. The molecule has 1 aromatic heterocycles. The summed E-state index contributed by atoms with van der Waals surface area (Å²) in [6, 6.07) is 12.7. The van der Waals surface area contributed by atoms with Crippen LogP contribution >= 0.6 is 23.2 Å². The van der Waals surface area contributed by atoms with Gasteiger partial charge in [-0.25, -0.2) is 4.68 Å². The molecule has 4 heterocycles. The van der Waals surface area contributed by atoms with Gasteiger partial charge in [-0.2, -0.15) is 0 Å². The summed E-state index contributed by atoms with van der Waals surface area (Å²) in [5, 5.41) is 13.0. The Hall–Kier alpha value is -2.98. The van der Waals surface area contributed by atoms with E-state index in [-0.39, 0.29) is 24.3 Å². The zero-order chi connectivity index (χ0) is 26.6. The number of nitrogens with zero attached hydrogens (tertiary/aromatic N) is 6. The first-order valence-corrected chi connectivity index (χ1v) is 13.6. The molecule has 0 bridgehead atoms. The van der Waals surface area contributed by atoms with Crippen molar-refractivity contribution < 1.29 is 9.59 Å². The number of carbonyl (C=O) groups excluding carboxylic acids is 2. The number of benzene rings is 2. The molecule has 2 aromatic carbocycles. The number of hydrogen-bond acceptors (Lipinski definition) is 6. The highest BCUT2D eigenvalue weighted by Gasteiger charge is 2.58. The Morgan fingerprint density at radius 1 is 1.00 bits per heavy atom. The largest absolute Gasteiger partial charge is 0.310 e. The second-order valence-electron chi connectivity index (χ2n) is 10.4. The Bertz CT molecular complexity index is 1400. The zero-order valence-corrected chi connectivity index (χ0v) is 22.8. The lowest BCUT2D eigenvalue weighted by Crippen LogP contribution is -2.50. The molecule has 38 heavy (non-hydrogen) atoms. The van der Waals surface area contributed by atoms with Gasteiger partial charge in [0.15, 0.2) is 5.82 Å². The molecule has 2 amide bonds. The number of piperazine rings is 1. The number of carbonyl (C=O) groups is 2. The summed E-state index contributed by atoms with van der Waals surface area (Å²) in [5.41, 5.74) is 1.60. The summed E-state index contributed by atoms with van der Waals surface area (Å²) in [5.74, 6) is 0.0135. The first kappa shape index (κ1) is 25.3. The molecule has 3 aliphatic rings. The van der Waals surface area contributed by atoms with E-state index in [4.69, 9.17) is 23.2 Å². The highest BCUT2D eigenvalue weighted by Crippen LogP contribution is 2.52. The normalized spacial score (nSPS) is 22.5. The Balaban J connectivity index is 1.39. The molecule has 0 saturated carbocycles. The van der Waals surface area contributed by atoms with E-state index in [1.54, 1.807) is 21.7 Å². The van der Waals surface area contributed by atoms with Crippen molar-refractivity contribution in [3.63, 3.8) is 0 Å². The lowest BCUT2D eigenvalue weighted by Gasteiger charge is -2.34. The second-order valence-corrected chi connectivity index (χ2v) is 11.2. The minimum atomic E-state index is -1.28. The molecule has 1 spiro atoms. The first-order valence-electron chi connectivity index (χ1n) is 12.8. The Labute approximate surface area is 231 Å². The third kappa shape index (κ3) is 4.09. The monoisotopic (exact) mass is 553 g/mol. The number of anilines is 2. The number of aromatic nitrogens is 3. The molecule has 0 radical (unpaired) electrons. The topological polar surface area (TPSA) is 86.6 Å². The molecule has 0 aliphatic carbocycles. The van der Waals surface area contributed by atoms with Crippen LogP contribution in [-0.2, 0) is 15.0 Å². The molecule has 11 heteroatoms. The van der Waals surface area contributed by atoms with Crippen LogP contribution in [0, 0.1) is 0 Å². The quantitative estimate of drug-likeness (QED) is 0.521. The fraction of sp³-hybridized carbons (Fsp3) is 0.407. The van der Waals surface area contributed by atoms with Crippen LogP contribution in [0.2, 0.25) is 10.0 Å². The minimum absolute atomic E-state index is 0.0504. The van der Waals surface area contributed by atoms with E-state index in [9.17, 15) is 9.59 Å². The lowest BCUT2D eigenvalue weighted by atomic mass is 9.73. The van der Waals surface area contributed by atoms with Crippen LogP contribution in [0.25, 0.3) is 0 Å². The maximum absolute atomic E-state index is 14.4. The second kappa shape index (κ2) is 9.64. The lowest BCUT2D eigenvalue weighted by molar-refractivity contribution is -0.126. The summed E-state index contributed by atoms with van der Waals surface area (Å²) in [6.45, 7) is 7.16. The summed E-state index contributed by atoms with van der Waals surface area (Å²) in [4.78, 5) is 34.0. The number of nitrogens with one attached hydrogen (secondary N) is 1. The van der Waals surface area contributed by atoms with Crippen LogP contribution < -0.4 is 10.2 Å². The van der Waals surface area contributed by atoms with Crippen molar-refractivity contribution in [3.05, 3.63) is 69.3 Å². The van der Waals surface area contributed by atoms with Crippen LogP contribution in [0.5, 0.6) is 0 Å². The summed E-state index contributed by atoms with van der Waals surface area (Å²) in [6.07, 6.45) is -0.0504. The first-order chi connectivity index (χ1) is 18.3. The maximum Gasteiger partial charge on any atom is 0.244 e. The standard InChI is InChI=1S/C27H29Cl2N7O2/c1-17(18-3-5-19(28)6-4-18)36-25-24(31-32-36)27(16-23(37)30-25)21-15-20(29)7-8-22(21)35(26(27)38)14-13-34-11-9-33(2)10-12-34/h3-8,15,17H,9-14,16H2,1-2H3,(H,30,37)/t17-,27+/m0/s1. The van der Waals surface area contributed by atoms with Gasteiger partial charge in [0.05, 0.1) is 12.5 Å². The van der Waals surface area contributed by atoms with Crippen molar-refractivity contribution in [2.45, 2.75) is 24.8 Å². The summed E-state index contributed by atoms with van der Waals surface area (Å²) in [7, 11) is 2.12. The smallest absolute Gasteiger partial charge is 0.244 e. The average molecular weight is 554 g/mol.